The van der Waals surface area contributed by atoms with Crippen LogP contribution in [0.1, 0.15) is 28.9 Å². The van der Waals surface area contributed by atoms with E-state index in [2.05, 4.69) is 20.2 Å². The summed E-state index contributed by atoms with van der Waals surface area (Å²) in [5.41, 5.74) is 3.37. The summed E-state index contributed by atoms with van der Waals surface area (Å²) in [6.45, 7) is 7.24. The largest absolute Gasteiger partial charge is 0.379 e. The van der Waals surface area contributed by atoms with Gasteiger partial charge in [-0.1, -0.05) is 34.8 Å². The highest BCUT2D eigenvalue weighted by molar-refractivity contribution is 6.39. The number of nitrogens with one attached hydrogen (secondary N) is 1. The summed E-state index contributed by atoms with van der Waals surface area (Å²) in [5.74, 6) is -0.279. The van der Waals surface area contributed by atoms with Crippen LogP contribution in [0.3, 0.4) is 0 Å². The molecule has 36 heavy (non-hydrogen) atoms. The lowest BCUT2D eigenvalue weighted by atomic mass is 10.0. The van der Waals surface area contributed by atoms with Gasteiger partial charge in [0.1, 0.15) is 0 Å². The van der Waals surface area contributed by atoms with Gasteiger partial charge in [0.05, 0.1) is 52.1 Å². The molecule has 0 spiro atoms. The van der Waals surface area contributed by atoms with E-state index in [1.165, 1.54) is 0 Å². The molecular weight excluding hydrogens is 521 g/mol. The molecule has 1 amide bonds. The average Bonchev–Trinajstić information content (AvgIpc) is 3.26. The second kappa shape index (κ2) is 11.0. The summed E-state index contributed by atoms with van der Waals surface area (Å²) in [4.78, 5) is 17.8. The third kappa shape index (κ3) is 5.36. The van der Waals surface area contributed by atoms with Crippen LogP contribution in [-0.4, -0.2) is 66.0 Å². The molecule has 7 nitrogen and oxygen atoms in total. The Kier molecular flexibility index (Phi) is 7.74. The van der Waals surface area contributed by atoms with E-state index < -0.39 is 0 Å². The first kappa shape index (κ1) is 25.4. The number of nitrogens with zero attached hydrogens (tertiary/aromatic N) is 4. The minimum atomic E-state index is -0.279. The number of carbonyl (C=O) groups excluding carboxylic acids is 1. The third-order valence-corrected chi connectivity index (χ3v) is 7.77. The lowest BCUT2D eigenvalue weighted by Gasteiger charge is -2.41. The number of anilines is 2. The molecule has 190 valence electrons. The Balaban J connectivity index is 1.26. The van der Waals surface area contributed by atoms with Gasteiger partial charge in [-0.2, -0.15) is 5.10 Å². The van der Waals surface area contributed by atoms with E-state index in [1.54, 1.807) is 35.1 Å². The Morgan fingerprint density at radius 1 is 1.00 bits per heavy atom. The summed E-state index contributed by atoms with van der Waals surface area (Å²) in [6.07, 6.45) is 3.67. The Morgan fingerprint density at radius 3 is 2.28 bits per heavy atom. The molecule has 5 rings (SSSR count). The minimum Gasteiger partial charge on any atom is -0.379 e. The quantitative estimate of drug-likeness (QED) is 0.444. The Morgan fingerprint density at radius 2 is 1.64 bits per heavy atom. The van der Waals surface area contributed by atoms with Crippen molar-refractivity contribution in [1.29, 1.82) is 0 Å². The number of hydrogen-bond donors (Lipinski definition) is 1. The first-order valence-electron chi connectivity index (χ1n) is 12.1. The monoisotopic (exact) mass is 547 g/mol. The van der Waals surface area contributed by atoms with E-state index in [1.807, 2.05) is 19.1 Å². The second-order valence-corrected chi connectivity index (χ2v) is 10.4. The highest BCUT2D eigenvalue weighted by Gasteiger charge is 2.28. The van der Waals surface area contributed by atoms with E-state index in [4.69, 9.17) is 39.5 Å². The molecule has 1 N–H and O–H groups in total. The van der Waals surface area contributed by atoms with Crippen LogP contribution in [0.4, 0.5) is 11.4 Å². The average molecular weight is 549 g/mol. The van der Waals surface area contributed by atoms with Crippen molar-refractivity contribution in [2.75, 3.05) is 49.6 Å². The van der Waals surface area contributed by atoms with E-state index in [9.17, 15) is 4.79 Å². The van der Waals surface area contributed by atoms with Gasteiger partial charge < -0.3 is 15.0 Å². The van der Waals surface area contributed by atoms with Crippen LogP contribution in [0.15, 0.2) is 42.6 Å². The fourth-order valence-electron chi connectivity index (χ4n) is 5.01. The van der Waals surface area contributed by atoms with Crippen LogP contribution < -0.4 is 10.2 Å². The second-order valence-electron chi connectivity index (χ2n) is 9.14. The number of piperidine rings is 1. The number of halogens is 3. The van der Waals surface area contributed by atoms with Crippen molar-refractivity contribution < 1.29 is 9.53 Å². The van der Waals surface area contributed by atoms with Gasteiger partial charge in [0.2, 0.25) is 0 Å². The van der Waals surface area contributed by atoms with Crippen molar-refractivity contribution in [3.05, 3.63) is 68.9 Å². The van der Waals surface area contributed by atoms with Crippen LogP contribution in [0, 0.1) is 6.92 Å². The number of carbonyl (C=O) groups is 1. The molecule has 0 aliphatic carbocycles. The summed E-state index contributed by atoms with van der Waals surface area (Å²) < 4.78 is 7.19. The highest BCUT2D eigenvalue weighted by Crippen LogP contribution is 2.38. The van der Waals surface area contributed by atoms with E-state index in [0.717, 1.165) is 63.6 Å². The van der Waals surface area contributed by atoms with Gasteiger partial charge in [-0.25, -0.2) is 4.68 Å². The molecule has 2 fully saturated rings. The summed E-state index contributed by atoms with van der Waals surface area (Å²) in [7, 11) is 0. The molecule has 0 bridgehead atoms. The van der Waals surface area contributed by atoms with Crippen molar-refractivity contribution in [2.24, 2.45) is 0 Å². The lowest BCUT2D eigenvalue weighted by Crippen LogP contribution is -2.49. The molecule has 0 saturated carbocycles. The number of aromatic nitrogens is 2. The summed E-state index contributed by atoms with van der Waals surface area (Å²) in [6, 6.07) is 11.4. The van der Waals surface area contributed by atoms with Crippen molar-refractivity contribution in [3.63, 3.8) is 0 Å². The predicted octanol–water partition coefficient (Wildman–Crippen LogP) is 5.69. The zero-order chi connectivity index (χ0) is 25.2. The zero-order valence-corrected chi connectivity index (χ0v) is 22.3. The number of ether oxygens (including phenoxy) is 1. The SMILES string of the molecule is Cc1c(C(=O)Nc2cc(Cl)c(N3CCC(N4CCOCC4)CC3)c(Cl)c2)cnn1-c1ccc(Cl)cc1. The topological polar surface area (TPSA) is 62.6 Å². The minimum absolute atomic E-state index is 0.279. The van der Waals surface area contributed by atoms with Gasteiger partial charge >= 0.3 is 0 Å². The van der Waals surface area contributed by atoms with Gasteiger partial charge in [-0.15, -0.1) is 0 Å². The predicted molar refractivity (Wildman–Crippen MR) is 145 cm³/mol. The smallest absolute Gasteiger partial charge is 0.259 e. The summed E-state index contributed by atoms with van der Waals surface area (Å²) in [5, 5.41) is 8.98. The lowest BCUT2D eigenvalue weighted by molar-refractivity contribution is 0.0115. The number of morpholine rings is 1. The van der Waals surface area contributed by atoms with Gasteiger partial charge in [-0.3, -0.25) is 9.69 Å². The molecular formula is C26H28Cl3N5O2. The molecule has 3 aromatic rings. The Bertz CT molecular complexity index is 1210. The van der Waals surface area contributed by atoms with E-state index in [-0.39, 0.29) is 5.91 Å². The Labute approximate surface area is 225 Å². The van der Waals surface area contributed by atoms with Gasteiger partial charge in [0, 0.05) is 42.9 Å². The highest BCUT2D eigenvalue weighted by atomic mass is 35.5. The van der Waals surface area contributed by atoms with Crippen LogP contribution in [-0.2, 0) is 4.74 Å². The molecule has 10 heteroatoms. The molecule has 0 atom stereocenters. The summed E-state index contributed by atoms with van der Waals surface area (Å²) >= 11 is 19.3. The zero-order valence-electron chi connectivity index (χ0n) is 20.0. The third-order valence-electron chi connectivity index (χ3n) is 6.94. The van der Waals surface area contributed by atoms with E-state index >= 15 is 0 Å². The maximum atomic E-state index is 13.0. The van der Waals surface area contributed by atoms with Crippen LogP contribution in [0.5, 0.6) is 0 Å². The molecule has 2 aromatic carbocycles. The maximum Gasteiger partial charge on any atom is 0.259 e. The molecule has 1 aromatic heterocycles. The molecule has 2 aliphatic rings. The molecule has 0 radical (unpaired) electrons. The van der Waals surface area contributed by atoms with Gasteiger partial charge in [0.15, 0.2) is 0 Å². The van der Waals surface area contributed by atoms with Crippen molar-refractivity contribution in [2.45, 2.75) is 25.8 Å². The van der Waals surface area contributed by atoms with Crippen molar-refractivity contribution >= 4 is 52.1 Å². The molecule has 2 aliphatic heterocycles. The fraction of sp³-hybridized carbons (Fsp3) is 0.385. The van der Waals surface area contributed by atoms with Gasteiger partial charge in [-0.05, 0) is 56.2 Å². The molecule has 3 heterocycles. The van der Waals surface area contributed by atoms with Crippen LogP contribution in [0.25, 0.3) is 5.69 Å². The van der Waals surface area contributed by atoms with Crippen molar-refractivity contribution in [1.82, 2.24) is 14.7 Å². The van der Waals surface area contributed by atoms with E-state index in [0.29, 0.717) is 38.1 Å². The first-order chi connectivity index (χ1) is 17.4. The standard InChI is InChI=1S/C26H28Cl3N5O2/c1-17-22(16-30-34(17)21-4-2-18(27)3-5-21)26(35)31-19-14-23(28)25(24(29)15-19)33-8-6-20(7-9-33)32-10-12-36-13-11-32/h2-5,14-16,20H,6-13H2,1H3,(H,31,35). The number of hydrogen-bond acceptors (Lipinski definition) is 5. The number of rotatable bonds is 5. The number of amides is 1. The van der Waals surface area contributed by atoms with Crippen LogP contribution in [0.2, 0.25) is 15.1 Å². The fourth-order valence-corrected chi connectivity index (χ4v) is 5.86. The Hall–Kier alpha value is -2.29. The van der Waals surface area contributed by atoms with Crippen LogP contribution >= 0.6 is 34.8 Å². The van der Waals surface area contributed by atoms with Crippen molar-refractivity contribution in [3.8, 4) is 5.69 Å². The maximum absolute atomic E-state index is 13.0. The normalized spacial score (nSPS) is 17.4. The van der Waals surface area contributed by atoms with Gasteiger partial charge in [0.25, 0.3) is 5.91 Å². The number of benzene rings is 2. The molecule has 0 unspecified atom stereocenters. The molecule has 2 saturated heterocycles. The first-order valence-corrected chi connectivity index (χ1v) is 13.2.